The zero-order valence-corrected chi connectivity index (χ0v) is 9.98. The molecule has 90 valence electrons. The fraction of sp³-hybridized carbons (Fsp3) is 0.769. The van der Waals surface area contributed by atoms with Crippen LogP contribution in [0.3, 0.4) is 0 Å². The molecule has 0 aromatic rings. The van der Waals surface area contributed by atoms with Gasteiger partial charge >= 0.3 is 5.97 Å². The Kier molecular flexibility index (Phi) is 3.33. The monoisotopic (exact) mass is 223 g/mol. The van der Waals surface area contributed by atoms with Gasteiger partial charge in [-0.15, -0.1) is 0 Å². The van der Waals surface area contributed by atoms with E-state index in [0.717, 1.165) is 19.4 Å². The SMILES string of the molecule is CC1(C(=O)O)CCCN(C2C=CCCC2)C1. The van der Waals surface area contributed by atoms with Crippen LogP contribution in [0.4, 0.5) is 0 Å². The summed E-state index contributed by atoms with van der Waals surface area (Å²) >= 11 is 0. The maximum atomic E-state index is 11.3. The normalized spacial score (nSPS) is 36.2. The van der Waals surface area contributed by atoms with E-state index in [0.29, 0.717) is 12.6 Å². The van der Waals surface area contributed by atoms with E-state index in [-0.39, 0.29) is 0 Å². The van der Waals surface area contributed by atoms with E-state index in [1.165, 1.54) is 19.3 Å². The van der Waals surface area contributed by atoms with Gasteiger partial charge in [-0.2, -0.15) is 0 Å². The summed E-state index contributed by atoms with van der Waals surface area (Å²) in [7, 11) is 0. The number of aliphatic carboxylic acids is 1. The smallest absolute Gasteiger partial charge is 0.310 e. The van der Waals surface area contributed by atoms with Crippen LogP contribution in [0.15, 0.2) is 12.2 Å². The highest BCUT2D eigenvalue weighted by Gasteiger charge is 2.39. The van der Waals surface area contributed by atoms with Crippen molar-refractivity contribution in [2.75, 3.05) is 13.1 Å². The Morgan fingerprint density at radius 3 is 2.94 bits per heavy atom. The van der Waals surface area contributed by atoms with E-state index in [9.17, 15) is 9.90 Å². The molecule has 1 aliphatic carbocycles. The van der Waals surface area contributed by atoms with Gasteiger partial charge in [0.2, 0.25) is 0 Å². The molecule has 0 amide bonds. The lowest BCUT2D eigenvalue weighted by Gasteiger charge is -2.41. The minimum Gasteiger partial charge on any atom is -0.481 e. The van der Waals surface area contributed by atoms with Gasteiger partial charge in [-0.05, 0) is 45.6 Å². The number of rotatable bonds is 2. The Hall–Kier alpha value is -0.830. The summed E-state index contributed by atoms with van der Waals surface area (Å²) in [6, 6.07) is 0.479. The fourth-order valence-corrected chi connectivity index (χ4v) is 2.83. The van der Waals surface area contributed by atoms with Crippen LogP contribution in [0.5, 0.6) is 0 Å². The van der Waals surface area contributed by atoms with Crippen molar-refractivity contribution in [3.8, 4) is 0 Å². The molecule has 1 saturated heterocycles. The molecule has 3 heteroatoms. The molecule has 0 saturated carbocycles. The molecule has 0 aromatic heterocycles. The molecule has 2 atom stereocenters. The van der Waals surface area contributed by atoms with Gasteiger partial charge < -0.3 is 5.11 Å². The fourth-order valence-electron chi connectivity index (χ4n) is 2.83. The summed E-state index contributed by atoms with van der Waals surface area (Å²) in [6.07, 6.45) is 9.93. The van der Waals surface area contributed by atoms with Gasteiger partial charge in [-0.25, -0.2) is 0 Å². The second-order valence-electron chi connectivity index (χ2n) is 5.37. The van der Waals surface area contributed by atoms with Crippen molar-refractivity contribution in [3.63, 3.8) is 0 Å². The first-order chi connectivity index (χ1) is 7.62. The molecule has 2 rings (SSSR count). The van der Waals surface area contributed by atoms with Gasteiger partial charge in [-0.3, -0.25) is 9.69 Å². The van der Waals surface area contributed by atoms with Gasteiger partial charge in [0.1, 0.15) is 0 Å². The molecule has 16 heavy (non-hydrogen) atoms. The third-order valence-corrected chi connectivity index (χ3v) is 3.94. The molecule has 3 nitrogen and oxygen atoms in total. The van der Waals surface area contributed by atoms with Gasteiger partial charge in [-0.1, -0.05) is 12.2 Å². The number of carbonyl (C=O) groups is 1. The number of likely N-dealkylation sites (tertiary alicyclic amines) is 1. The topological polar surface area (TPSA) is 40.5 Å². The Labute approximate surface area is 97.1 Å². The van der Waals surface area contributed by atoms with Crippen LogP contribution < -0.4 is 0 Å². The largest absolute Gasteiger partial charge is 0.481 e. The minimum atomic E-state index is -0.642. The van der Waals surface area contributed by atoms with E-state index < -0.39 is 11.4 Å². The second-order valence-corrected chi connectivity index (χ2v) is 5.37. The Morgan fingerprint density at radius 2 is 2.31 bits per heavy atom. The second kappa shape index (κ2) is 4.58. The highest BCUT2D eigenvalue weighted by molar-refractivity contribution is 5.74. The maximum Gasteiger partial charge on any atom is 0.310 e. The van der Waals surface area contributed by atoms with Crippen molar-refractivity contribution < 1.29 is 9.90 Å². The average molecular weight is 223 g/mol. The first-order valence-electron chi connectivity index (χ1n) is 6.26. The van der Waals surface area contributed by atoms with Crippen LogP contribution in [-0.4, -0.2) is 35.1 Å². The molecule has 0 radical (unpaired) electrons. The molecule has 2 aliphatic rings. The van der Waals surface area contributed by atoms with Crippen LogP contribution in [0.2, 0.25) is 0 Å². The van der Waals surface area contributed by atoms with Crippen LogP contribution >= 0.6 is 0 Å². The standard InChI is InChI=1S/C13H21NO2/c1-13(12(15)16)8-5-9-14(10-13)11-6-3-2-4-7-11/h3,6,11H,2,4-5,7-10H2,1H3,(H,15,16). The van der Waals surface area contributed by atoms with E-state index in [1.807, 2.05) is 6.92 Å². The first kappa shape index (κ1) is 11.6. The Bertz CT molecular complexity index is 300. The summed E-state index contributed by atoms with van der Waals surface area (Å²) in [5, 5.41) is 9.27. The summed E-state index contributed by atoms with van der Waals surface area (Å²) in [4.78, 5) is 13.6. The Balaban J connectivity index is 2.03. The van der Waals surface area contributed by atoms with Crippen molar-refractivity contribution in [1.82, 2.24) is 4.90 Å². The molecule has 1 aliphatic heterocycles. The van der Waals surface area contributed by atoms with E-state index in [1.54, 1.807) is 0 Å². The van der Waals surface area contributed by atoms with E-state index in [4.69, 9.17) is 0 Å². The van der Waals surface area contributed by atoms with Crippen molar-refractivity contribution in [1.29, 1.82) is 0 Å². The molecular formula is C13H21NO2. The zero-order chi connectivity index (χ0) is 11.6. The maximum absolute atomic E-state index is 11.3. The van der Waals surface area contributed by atoms with Gasteiger partial charge in [0.15, 0.2) is 0 Å². The molecule has 1 fully saturated rings. The number of piperidine rings is 1. The lowest BCUT2D eigenvalue weighted by atomic mass is 9.81. The molecule has 0 bridgehead atoms. The minimum absolute atomic E-state index is 0.479. The molecule has 1 N–H and O–H groups in total. The van der Waals surface area contributed by atoms with Crippen LogP contribution in [0, 0.1) is 5.41 Å². The van der Waals surface area contributed by atoms with E-state index in [2.05, 4.69) is 17.1 Å². The third-order valence-electron chi connectivity index (χ3n) is 3.94. The summed E-state index contributed by atoms with van der Waals surface area (Å²) in [6.45, 7) is 3.64. The number of carboxylic acid groups (broad SMARTS) is 1. The van der Waals surface area contributed by atoms with Crippen molar-refractivity contribution in [2.24, 2.45) is 5.41 Å². The van der Waals surface area contributed by atoms with Gasteiger partial charge in [0, 0.05) is 12.6 Å². The van der Waals surface area contributed by atoms with Crippen LogP contribution in [0.1, 0.15) is 39.0 Å². The van der Waals surface area contributed by atoms with Gasteiger partial charge in [0.25, 0.3) is 0 Å². The lowest BCUT2D eigenvalue weighted by Crippen LogP contribution is -2.49. The van der Waals surface area contributed by atoms with Crippen molar-refractivity contribution >= 4 is 5.97 Å². The van der Waals surface area contributed by atoms with E-state index >= 15 is 0 Å². The van der Waals surface area contributed by atoms with Gasteiger partial charge in [0.05, 0.1) is 5.41 Å². The molecule has 1 heterocycles. The number of nitrogens with zero attached hydrogens (tertiary/aromatic N) is 1. The molecule has 0 spiro atoms. The summed E-state index contributed by atoms with van der Waals surface area (Å²) < 4.78 is 0. The quantitative estimate of drug-likeness (QED) is 0.730. The number of carboxylic acids is 1. The highest BCUT2D eigenvalue weighted by Crippen LogP contribution is 2.32. The van der Waals surface area contributed by atoms with Crippen molar-refractivity contribution in [2.45, 2.75) is 45.1 Å². The molecule has 0 aromatic carbocycles. The summed E-state index contributed by atoms with van der Waals surface area (Å²) in [5.41, 5.74) is -0.538. The first-order valence-corrected chi connectivity index (χ1v) is 6.26. The van der Waals surface area contributed by atoms with Crippen LogP contribution in [0.25, 0.3) is 0 Å². The third kappa shape index (κ3) is 2.29. The predicted molar refractivity (Wildman–Crippen MR) is 63.3 cm³/mol. The zero-order valence-electron chi connectivity index (χ0n) is 9.98. The predicted octanol–water partition coefficient (Wildman–Crippen LogP) is 2.28. The number of allylic oxidation sites excluding steroid dienone is 1. The summed E-state index contributed by atoms with van der Waals surface area (Å²) in [5.74, 6) is -0.642. The molecular weight excluding hydrogens is 202 g/mol. The highest BCUT2D eigenvalue weighted by atomic mass is 16.4. The lowest BCUT2D eigenvalue weighted by molar-refractivity contribution is -0.151. The Morgan fingerprint density at radius 1 is 1.50 bits per heavy atom. The molecule has 2 unspecified atom stereocenters. The van der Waals surface area contributed by atoms with Crippen molar-refractivity contribution in [3.05, 3.63) is 12.2 Å². The number of hydrogen-bond acceptors (Lipinski definition) is 2. The average Bonchev–Trinajstić information content (AvgIpc) is 2.30. The number of hydrogen-bond donors (Lipinski definition) is 1. The van der Waals surface area contributed by atoms with Crippen LogP contribution in [-0.2, 0) is 4.79 Å².